The van der Waals surface area contributed by atoms with Gasteiger partial charge < -0.3 is 9.79 Å². The third kappa shape index (κ3) is 2.42. The van der Waals surface area contributed by atoms with E-state index in [1.165, 1.54) is 12.1 Å². The van der Waals surface area contributed by atoms with Gasteiger partial charge in [0, 0.05) is 4.47 Å². The molecule has 2 N–H and O–H groups in total. The monoisotopic (exact) mass is 235 g/mol. The molecule has 0 aliphatic rings. The van der Waals surface area contributed by atoms with E-state index >= 15 is 0 Å². The van der Waals surface area contributed by atoms with Crippen LogP contribution in [0.25, 0.3) is 0 Å². The lowest BCUT2D eigenvalue weighted by Gasteiger charge is -2.01. The van der Waals surface area contributed by atoms with Gasteiger partial charge in [0.05, 0.1) is 5.30 Å². The van der Waals surface area contributed by atoms with Crippen molar-refractivity contribution in [1.29, 1.82) is 0 Å². The van der Waals surface area contributed by atoms with Gasteiger partial charge in [0.15, 0.2) is 0 Å². The summed E-state index contributed by atoms with van der Waals surface area (Å²) >= 11 is 3.09. The highest BCUT2D eigenvalue weighted by Gasteiger charge is 2.16. The molecule has 0 aromatic heterocycles. The highest BCUT2D eigenvalue weighted by Crippen LogP contribution is 2.33. The van der Waals surface area contributed by atoms with Crippen LogP contribution in [-0.4, -0.2) is 9.79 Å². The molecule has 0 fully saturated rings. The van der Waals surface area contributed by atoms with Gasteiger partial charge in [-0.25, -0.2) is 0 Å². The summed E-state index contributed by atoms with van der Waals surface area (Å²) in [6.45, 7) is 0. The Labute approximate surface area is 72.4 Å². The highest BCUT2D eigenvalue weighted by atomic mass is 79.9. The van der Waals surface area contributed by atoms with E-state index in [0.717, 1.165) is 0 Å². The van der Waals surface area contributed by atoms with Crippen molar-refractivity contribution in [1.82, 2.24) is 0 Å². The zero-order valence-corrected chi connectivity index (χ0v) is 7.84. The van der Waals surface area contributed by atoms with E-state index in [9.17, 15) is 4.57 Å². The Balaban J connectivity index is 3.17. The molecule has 0 aliphatic heterocycles. The summed E-state index contributed by atoms with van der Waals surface area (Å²) in [7, 11) is -4.13. The quantitative estimate of drug-likeness (QED) is 0.716. The minimum atomic E-state index is -4.13. The Hall–Kier alpha value is -0.150. The molecule has 0 amide bonds. The maximum atomic E-state index is 10.6. The first-order valence-corrected chi connectivity index (χ1v) is 5.14. The first kappa shape index (κ1) is 8.94. The number of rotatable bonds is 1. The van der Waals surface area contributed by atoms with Crippen molar-refractivity contribution in [2.45, 2.75) is 0 Å². The SMILES string of the molecule is O=P(O)(O)c1[c]ccc(Br)c1. The molecule has 1 rings (SSSR count). The van der Waals surface area contributed by atoms with Gasteiger partial charge in [0.2, 0.25) is 0 Å². The number of halogens is 1. The van der Waals surface area contributed by atoms with Gasteiger partial charge in [0.25, 0.3) is 0 Å². The minimum absolute atomic E-state index is 0.0909. The predicted molar refractivity (Wildman–Crippen MR) is 44.7 cm³/mol. The summed E-state index contributed by atoms with van der Waals surface area (Å²) in [5, 5.41) is -0.0909. The summed E-state index contributed by atoms with van der Waals surface area (Å²) in [6, 6.07) is 6.91. The second-order valence-corrected chi connectivity index (χ2v) is 4.42. The second kappa shape index (κ2) is 3.07. The molecule has 0 saturated carbocycles. The smallest absolute Gasteiger partial charge is 0.321 e. The second-order valence-electron chi connectivity index (χ2n) is 1.94. The van der Waals surface area contributed by atoms with Gasteiger partial charge in [-0.15, -0.1) is 0 Å². The summed E-state index contributed by atoms with van der Waals surface area (Å²) in [4.78, 5) is 17.3. The molecule has 0 unspecified atom stereocenters. The van der Waals surface area contributed by atoms with Crippen molar-refractivity contribution in [2.24, 2.45) is 0 Å². The van der Waals surface area contributed by atoms with Crippen LogP contribution in [0.2, 0.25) is 0 Å². The van der Waals surface area contributed by atoms with Gasteiger partial charge in [-0.2, -0.15) is 0 Å². The molecule has 0 heterocycles. The van der Waals surface area contributed by atoms with E-state index in [-0.39, 0.29) is 5.30 Å². The molecule has 11 heavy (non-hydrogen) atoms. The molecule has 1 aromatic carbocycles. The molecular formula is C6H5BrO3P. The molecule has 1 radical (unpaired) electrons. The lowest BCUT2D eigenvalue weighted by Crippen LogP contribution is -2.02. The lowest BCUT2D eigenvalue weighted by atomic mass is 10.4. The third-order valence-electron chi connectivity index (χ3n) is 1.06. The van der Waals surface area contributed by atoms with Gasteiger partial charge in [0.1, 0.15) is 0 Å². The van der Waals surface area contributed by atoms with Crippen LogP contribution >= 0.6 is 23.5 Å². The van der Waals surface area contributed by atoms with Crippen molar-refractivity contribution in [3.05, 3.63) is 28.7 Å². The first-order valence-electron chi connectivity index (χ1n) is 2.73. The van der Waals surface area contributed by atoms with E-state index in [1.807, 2.05) is 0 Å². The highest BCUT2D eigenvalue weighted by molar-refractivity contribution is 9.10. The minimum Gasteiger partial charge on any atom is -0.321 e. The number of hydrogen-bond acceptors (Lipinski definition) is 1. The van der Waals surface area contributed by atoms with Crippen molar-refractivity contribution in [3.8, 4) is 0 Å². The zero-order valence-electron chi connectivity index (χ0n) is 5.36. The number of benzene rings is 1. The molecule has 0 spiro atoms. The molecule has 0 saturated heterocycles. The van der Waals surface area contributed by atoms with Gasteiger partial charge >= 0.3 is 7.60 Å². The van der Waals surface area contributed by atoms with Crippen molar-refractivity contribution in [3.63, 3.8) is 0 Å². The maximum absolute atomic E-state index is 10.6. The maximum Gasteiger partial charge on any atom is 0.356 e. The van der Waals surface area contributed by atoms with E-state index in [0.29, 0.717) is 4.47 Å². The van der Waals surface area contributed by atoms with Crippen molar-refractivity contribution < 1.29 is 14.4 Å². The molecule has 59 valence electrons. The lowest BCUT2D eigenvalue weighted by molar-refractivity contribution is 0.387. The molecular weight excluding hydrogens is 231 g/mol. The summed E-state index contributed by atoms with van der Waals surface area (Å²) in [5.74, 6) is 0. The van der Waals surface area contributed by atoms with E-state index in [4.69, 9.17) is 9.79 Å². The van der Waals surface area contributed by atoms with Crippen LogP contribution in [0.4, 0.5) is 0 Å². The molecule has 5 heteroatoms. The predicted octanol–water partition coefficient (Wildman–Crippen LogP) is 1.05. The average Bonchev–Trinajstić information content (AvgIpc) is 1.86. The van der Waals surface area contributed by atoms with Crippen LogP contribution < -0.4 is 5.30 Å². The Bertz CT molecular complexity index is 306. The molecule has 0 aliphatic carbocycles. The molecule has 3 nitrogen and oxygen atoms in total. The topological polar surface area (TPSA) is 57.5 Å². The van der Waals surface area contributed by atoms with Crippen LogP contribution in [0, 0.1) is 6.07 Å². The fourth-order valence-corrected chi connectivity index (χ4v) is 1.68. The summed E-state index contributed by atoms with van der Waals surface area (Å²) < 4.78 is 11.3. The third-order valence-corrected chi connectivity index (χ3v) is 2.44. The first-order chi connectivity index (χ1) is 5.00. The van der Waals surface area contributed by atoms with Crippen LogP contribution in [-0.2, 0) is 4.57 Å². The van der Waals surface area contributed by atoms with Crippen LogP contribution in [0.3, 0.4) is 0 Å². The Morgan fingerprint density at radius 3 is 2.55 bits per heavy atom. The Morgan fingerprint density at radius 2 is 2.18 bits per heavy atom. The van der Waals surface area contributed by atoms with Gasteiger partial charge in [-0.3, -0.25) is 4.57 Å². The van der Waals surface area contributed by atoms with E-state index in [2.05, 4.69) is 22.0 Å². The van der Waals surface area contributed by atoms with Crippen LogP contribution in [0.1, 0.15) is 0 Å². The van der Waals surface area contributed by atoms with E-state index < -0.39 is 7.60 Å². The fraction of sp³-hybridized carbons (Fsp3) is 0. The van der Waals surface area contributed by atoms with Crippen molar-refractivity contribution >= 4 is 28.8 Å². The van der Waals surface area contributed by atoms with E-state index in [1.54, 1.807) is 6.07 Å². The average molecular weight is 236 g/mol. The van der Waals surface area contributed by atoms with Gasteiger partial charge in [-0.1, -0.05) is 22.0 Å². The van der Waals surface area contributed by atoms with Crippen molar-refractivity contribution in [2.75, 3.05) is 0 Å². The van der Waals surface area contributed by atoms with Crippen LogP contribution in [0.5, 0.6) is 0 Å². The summed E-state index contributed by atoms with van der Waals surface area (Å²) in [6.07, 6.45) is 0. The van der Waals surface area contributed by atoms with Crippen LogP contribution in [0.15, 0.2) is 22.7 Å². The Morgan fingerprint density at radius 1 is 1.55 bits per heavy atom. The normalized spacial score (nSPS) is 11.5. The number of hydrogen-bond donors (Lipinski definition) is 2. The summed E-state index contributed by atoms with van der Waals surface area (Å²) in [5.41, 5.74) is 0. The zero-order chi connectivity index (χ0) is 8.48. The molecule has 0 bridgehead atoms. The fourth-order valence-electron chi connectivity index (χ4n) is 0.595. The standard InChI is InChI=1S/C6H5BrO3P/c7-5-2-1-3-6(4-5)11(8,9)10/h1-2,4H,(H2,8,9,10). The molecule has 1 aromatic rings. The molecule has 0 atom stereocenters. The Kier molecular flexibility index (Phi) is 2.50. The van der Waals surface area contributed by atoms with Gasteiger partial charge in [-0.05, 0) is 18.2 Å². The largest absolute Gasteiger partial charge is 0.356 e.